The summed E-state index contributed by atoms with van der Waals surface area (Å²) in [4.78, 5) is 17.7. The van der Waals surface area contributed by atoms with Crippen LogP contribution in [0.25, 0.3) is 0 Å². The Hall–Kier alpha value is -1.06. The van der Waals surface area contributed by atoms with Crippen LogP contribution in [0.15, 0.2) is 4.99 Å². The van der Waals surface area contributed by atoms with Crippen molar-refractivity contribution < 1.29 is 4.79 Å². The molecule has 0 spiro atoms. The van der Waals surface area contributed by atoms with Crippen molar-refractivity contribution in [1.29, 1.82) is 0 Å². The number of piperidine rings is 1. The summed E-state index contributed by atoms with van der Waals surface area (Å²) >= 11 is 0. The average Bonchev–Trinajstić information content (AvgIpc) is 2.17. The van der Waals surface area contributed by atoms with E-state index in [1.165, 1.54) is 6.42 Å². The molecule has 4 nitrogen and oxygen atoms in total. The van der Waals surface area contributed by atoms with E-state index in [2.05, 4.69) is 4.99 Å². The molecule has 1 atom stereocenters. The second-order valence-electron chi connectivity index (χ2n) is 3.83. The van der Waals surface area contributed by atoms with Crippen LogP contribution >= 0.6 is 0 Å². The van der Waals surface area contributed by atoms with Gasteiger partial charge in [0.05, 0.1) is 5.84 Å². The third-order valence-corrected chi connectivity index (χ3v) is 2.42. The number of amides is 1. The van der Waals surface area contributed by atoms with Crippen LogP contribution in [0, 0.1) is 0 Å². The van der Waals surface area contributed by atoms with Crippen molar-refractivity contribution in [1.82, 2.24) is 4.90 Å². The van der Waals surface area contributed by atoms with Crippen LogP contribution in [0.1, 0.15) is 33.1 Å². The SMILES string of the molecule is CC(N)=NC(C)C(=O)N1CCCCC1. The smallest absolute Gasteiger partial charge is 0.247 e. The van der Waals surface area contributed by atoms with Crippen LogP contribution in [0.5, 0.6) is 0 Å². The summed E-state index contributed by atoms with van der Waals surface area (Å²) in [7, 11) is 0. The number of carbonyl (C=O) groups is 1. The number of amidine groups is 1. The molecule has 2 N–H and O–H groups in total. The lowest BCUT2D eigenvalue weighted by molar-refractivity contribution is -0.132. The highest BCUT2D eigenvalue weighted by Crippen LogP contribution is 2.10. The fourth-order valence-electron chi connectivity index (χ4n) is 1.74. The van der Waals surface area contributed by atoms with Gasteiger partial charge < -0.3 is 10.6 Å². The van der Waals surface area contributed by atoms with E-state index in [1.54, 1.807) is 13.8 Å². The van der Waals surface area contributed by atoms with E-state index in [-0.39, 0.29) is 11.9 Å². The Balaban J connectivity index is 2.50. The Kier molecular flexibility index (Phi) is 3.92. The molecule has 1 rings (SSSR count). The molecule has 0 aromatic rings. The third kappa shape index (κ3) is 3.01. The first kappa shape index (κ1) is 11.0. The molecule has 0 aliphatic carbocycles. The van der Waals surface area contributed by atoms with E-state index in [1.807, 2.05) is 4.90 Å². The van der Waals surface area contributed by atoms with Crippen molar-refractivity contribution in [3.05, 3.63) is 0 Å². The first-order chi connectivity index (χ1) is 6.61. The van der Waals surface area contributed by atoms with Gasteiger partial charge in [-0.15, -0.1) is 0 Å². The number of nitrogens with zero attached hydrogens (tertiary/aromatic N) is 2. The highest BCUT2D eigenvalue weighted by Gasteiger charge is 2.21. The molecule has 1 unspecified atom stereocenters. The van der Waals surface area contributed by atoms with E-state index < -0.39 is 0 Å². The molecular formula is C10H19N3O. The summed E-state index contributed by atoms with van der Waals surface area (Å²) in [5.74, 6) is 0.581. The number of likely N-dealkylation sites (tertiary alicyclic amines) is 1. The zero-order valence-corrected chi connectivity index (χ0v) is 8.99. The van der Waals surface area contributed by atoms with Gasteiger partial charge in [-0.05, 0) is 33.1 Å². The van der Waals surface area contributed by atoms with Crippen molar-refractivity contribution in [3.63, 3.8) is 0 Å². The number of nitrogens with two attached hydrogens (primary N) is 1. The van der Waals surface area contributed by atoms with Crippen molar-refractivity contribution in [2.24, 2.45) is 10.7 Å². The monoisotopic (exact) mass is 197 g/mol. The van der Waals surface area contributed by atoms with Crippen molar-refractivity contribution in [2.75, 3.05) is 13.1 Å². The standard InChI is InChI=1S/C10H19N3O/c1-8(12-9(2)11)10(14)13-6-4-3-5-7-13/h8H,3-7H2,1-2H3,(H2,11,12). The van der Waals surface area contributed by atoms with Crippen LogP contribution in [-0.2, 0) is 4.79 Å². The maximum absolute atomic E-state index is 11.8. The van der Waals surface area contributed by atoms with Gasteiger partial charge in [0.25, 0.3) is 0 Å². The van der Waals surface area contributed by atoms with E-state index in [4.69, 9.17) is 5.73 Å². The molecule has 4 heteroatoms. The summed E-state index contributed by atoms with van der Waals surface area (Å²) in [6.45, 7) is 5.26. The molecule has 1 aliphatic heterocycles. The van der Waals surface area contributed by atoms with Crippen molar-refractivity contribution in [3.8, 4) is 0 Å². The lowest BCUT2D eigenvalue weighted by atomic mass is 10.1. The Bertz CT molecular complexity index is 228. The molecule has 1 fully saturated rings. The quantitative estimate of drug-likeness (QED) is 0.525. The molecule has 0 aromatic carbocycles. The molecule has 0 aromatic heterocycles. The molecule has 1 amide bonds. The summed E-state index contributed by atoms with van der Waals surface area (Å²) in [5, 5.41) is 0. The molecule has 0 saturated carbocycles. The number of hydrogen-bond acceptors (Lipinski definition) is 2. The van der Waals surface area contributed by atoms with Gasteiger partial charge in [-0.3, -0.25) is 9.79 Å². The zero-order valence-electron chi connectivity index (χ0n) is 8.99. The van der Waals surface area contributed by atoms with Gasteiger partial charge in [-0.2, -0.15) is 0 Å². The summed E-state index contributed by atoms with van der Waals surface area (Å²) in [6, 6.07) is -0.321. The fourth-order valence-corrected chi connectivity index (χ4v) is 1.74. The number of rotatable bonds is 2. The molecule has 14 heavy (non-hydrogen) atoms. The largest absolute Gasteiger partial charge is 0.388 e. The van der Waals surface area contributed by atoms with E-state index in [0.29, 0.717) is 5.84 Å². The van der Waals surface area contributed by atoms with Gasteiger partial charge in [-0.25, -0.2) is 0 Å². The van der Waals surface area contributed by atoms with Gasteiger partial charge in [-0.1, -0.05) is 0 Å². The van der Waals surface area contributed by atoms with E-state index in [0.717, 1.165) is 25.9 Å². The second-order valence-corrected chi connectivity index (χ2v) is 3.83. The fraction of sp³-hybridized carbons (Fsp3) is 0.800. The Morgan fingerprint density at radius 2 is 1.93 bits per heavy atom. The van der Waals surface area contributed by atoms with Crippen molar-refractivity contribution >= 4 is 11.7 Å². The summed E-state index contributed by atoms with van der Waals surface area (Å²) < 4.78 is 0. The molecule has 0 bridgehead atoms. The average molecular weight is 197 g/mol. The topological polar surface area (TPSA) is 58.7 Å². The number of carbonyl (C=O) groups excluding carboxylic acids is 1. The molecule has 1 aliphatic rings. The first-order valence-corrected chi connectivity index (χ1v) is 5.20. The summed E-state index contributed by atoms with van der Waals surface area (Å²) in [5.41, 5.74) is 5.44. The van der Waals surface area contributed by atoms with Gasteiger partial charge in [0.2, 0.25) is 5.91 Å². The predicted octanol–water partition coefficient (Wildman–Crippen LogP) is 0.764. The Labute approximate surface area is 85.2 Å². The normalized spacial score (nSPS) is 20.7. The molecule has 1 saturated heterocycles. The minimum atomic E-state index is -0.321. The molecule has 80 valence electrons. The van der Waals surface area contributed by atoms with Crippen molar-refractivity contribution in [2.45, 2.75) is 39.2 Å². The van der Waals surface area contributed by atoms with Crippen LogP contribution < -0.4 is 5.73 Å². The number of hydrogen-bond donors (Lipinski definition) is 1. The number of aliphatic imine (C=N–C) groups is 1. The Morgan fingerprint density at radius 3 is 2.43 bits per heavy atom. The van der Waals surface area contributed by atoms with Crippen LogP contribution in [-0.4, -0.2) is 35.8 Å². The highest BCUT2D eigenvalue weighted by molar-refractivity contribution is 5.86. The van der Waals surface area contributed by atoms with Gasteiger partial charge >= 0.3 is 0 Å². The third-order valence-electron chi connectivity index (χ3n) is 2.42. The maximum Gasteiger partial charge on any atom is 0.247 e. The van der Waals surface area contributed by atoms with Gasteiger partial charge in [0.1, 0.15) is 6.04 Å². The first-order valence-electron chi connectivity index (χ1n) is 5.20. The molecular weight excluding hydrogens is 178 g/mol. The van der Waals surface area contributed by atoms with Gasteiger partial charge in [0.15, 0.2) is 0 Å². The zero-order chi connectivity index (χ0) is 10.6. The minimum Gasteiger partial charge on any atom is -0.388 e. The minimum absolute atomic E-state index is 0.106. The van der Waals surface area contributed by atoms with Crippen LogP contribution in [0.3, 0.4) is 0 Å². The predicted molar refractivity (Wildman–Crippen MR) is 57.2 cm³/mol. The summed E-state index contributed by atoms with van der Waals surface area (Å²) in [6.07, 6.45) is 3.46. The van der Waals surface area contributed by atoms with Gasteiger partial charge in [0, 0.05) is 13.1 Å². The lowest BCUT2D eigenvalue weighted by Crippen LogP contribution is -2.40. The highest BCUT2D eigenvalue weighted by atomic mass is 16.2. The molecule has 1 heterocycles. The van der Waals surface area contributed by atoms with Crippen LogP contribution in [0.4, 0.5) is 0 Å². The maximum atomic E-state index is 11.8. The lowest BCUT2D eigenvalue weighted by Gasteiger charge is -2.28. The Morgan fingerprint density at radius 1 is 1.36 bits per heavy atom. The van der Waals surface area contributed by atoms with E-state index in [9.17, 15) is 4.79 Å². The van der Waals surface area contributed by atoms with E-state index >= 15 is 0 Å². The second kappa shape index (κ2) is 4.98. The molecule has 0 radical (unpaired) electrons. The van der Waals surface area contributed by atoms with Crippen LogP contribution in [0.2, 0.25) is 0 Å².